The van der Waals surface area contributed by atoms with Crippen LogP contribution in [0.1, 0.15) is 51.0 Å². The number of ether oxygens (including phenoxy) is 2. The molecule has 0 aliphatic heterocycles. The number of nitrogens with zero attached hydrogens (tertiary/aromatic N) is 1. The second-order valence-corrected chi connectivity index (χ2v) is 6.93. The Morgan fingerprint density at radius 3 is 2.64 bits per heavy atom. The minimum absolute atomic E-state index is 0.0462. The summed E-state index contributed by atoms with van der Waals surface area (Å²) in [5.41, 5.74) is 1.02. The molecule has 156 valence electrons. The molecule has 1 aliphatic rings. The number of aliphatic imine (C=N–C) groups is 1. The number of benzene rings is 1. The fourth-order valence-corrected chi connectivity index (χ4v) is 3.21. The maximum absolute atomic E-state index is 11.7. The number of guanidine groups is 1. The van der Waals surface area contributed by atoms with Crippen molar-refractivity contribution in [3.8, 4) is 11.5 Å². The molecule has 2 rings (SSSR count). The van der Waals surface area contributed by atoms with Crippen LogP contribution in [0.4, 0.5) is 0 Å². The van der Waals surface area contributed by atoms with Gasteiger partial charge in [0.05, 0.1) is 13.2 Å². The first-order valence-corrected chi connectivity index (χ1v) is 10.2. The highest BCUT2D eigenvalue weighted by atomic mass is 16.5. The van der Waals surface area contributed by atoms with Crippen LogP contribution in [0.25, 0.3) is 0 Å². The molecular weight excluding hydrogens is 356 g/mol. The summed E-state index contributed by atoms with van der Waals surface area (Å²) in [7, 11) is 3.38. The third-order valence-corrected chi connectivity index (χ3v) is 4.75. The fourth-order valence-electron chi connectivity index (χ4n) is 3.21. The number of nitrogens with one attached hydrogen (secondary N) is 3. The molecular formula is C21H34N4O3. The van der Waals surface area contributed by atoms with E-state index in [1.807, 2.05) is 25.1 Å². The van der Waals surface area contributed by atoms with Crippen molar-refractivity contribution >= 4 is 11.9 Å². The molecule has 1 aromatic carbocycles. The summed E-state index contributed by atoms with van der Waals surface area (Å²) in [6, 6.07) is 5.92. The average Bonchev–Trinajstić information content (AvgIpc) is 3.22. The lowest BCUT2D eigenvalue weighted by Crippen LogP contribution is -2.39. The quantitative estimate of drug-likeness (QED) is 0.422. The largest absolute Gasteiger partial charge is 0.493 e. The van der Waals surface area contributed by atoms with Gasteiger partial charge in [-0.2, -0.15) is 0 Å². The van der Waals surface area contributed by atoms with E-state index in [0.29, 0.717) is 32.0 Å². The second-order valence-electron chi connectivity index (χ2n) is 6.93. The van der Waals surface area contributed by atoms with Crippen molar-refractivity contribution in [1.29, 1.82) is 0 Å². The molecule has 3 N–H and O–H groups in total. The van der Waals surface area contributed by atoms with Crippen LogP contribution >= 0.6 is 0 Å². The Kier molecular flexibility index (Phi) is 9.45. The van der Waals surface area contributed by atoms with Crippen LogP contribution in [0.2, 0.25) is 0 Å². The molecule has 0 unspecified atom stereocenters. The molecule has 0 heterocycles. The Balaban J connectivity index is 1.89. The van der Waals surface area contributed by atoms with Gasteiger partial charge in [-0.05, 0) is 38.2 Å². The predicted molar refractivity (Wildman–Crippen MR) is 112 cm³/mol. The van der Waals surface area contributed by atoms with E-state index in [1.54, 1.807) is 14.2 Å². The van der Waals surface area contributed by atoms with Gasteiger partial charge in [-0.25, -0.2) is 0 Å². The first kappa shape index (κ1) is 21.9. The maximum atomic E-state index is 11.7. The third kappa shape index (κ3) is 6.94. The van der Waals surface area contributed by atoms with Crippen LogP contribution in [0.3, 0.4) is 0 Å². The highest BCUT2D eigenvalue weighted by molar-refractivity contribution is 5.81. The minimum Gasteiger partial charge on any atom is -0.493 e. The number of hydrogen-bond acceptors (Lipinski definition) is 4. The number of carbonyl (C=O) groups excluding carboxylic acids is 1. The Hall–Kier alpha value is -2.44. The fraction of sp³-hybridized carbons (Fsp3) is 0.619. The number of methoxy groups -OCH3 is 1. The monoisotopic (exact) mass is 390 g/mol. The van der Waals surface area contributed by atoms with E-state index in [9.17, 15) is 4.79 Å². The predicted octanol–water partition coefficient (Wildman–Crippen LogP) is 2.60. The van der Waals surface area contributed by atoms with E-state index in [1.165, 1.54) is 12.8 Å². The van der Waals surface area contributed by atoms with Crippen molar-refractivity contribution in [2.24, 2.45) is 4.99 Å². The van der Waals surface area contributed by atoms with E-state index in [-0.39, 0.29) is 12.0 Å². The molecule has 7 heteroatoms. The molecule has 0 aromatic heterocycles. The first-order chi connectivity index (χ1) is 13.7. The van der Waals surface area contributed by atoms with Crippen molar-refractivity contribution in [3.63, 3.8) is 0 Å². The van der Waals surface area contributed by atoms with E-state index in [4.69, 9.17) is 9.47 Å². The Morgan fingerprint density at radius 1 is 1.18 bits per heavy atom. The van der Waals surface area contributed by atoms with E-state index in [2.05, 4.69) is 20.9 Å². The summed E-state index contributed by atoms with van der Waals surface area (Å²) in [5, 5.41) is 9.33. The van der Waals surface area contributed by atoms with Gasteiger partial charge in [-0.3, -0.25) is 9.79 Å². The molecule has 7 nitrogen and oxygen atoms in total. The standard InChI is InChI=1S/C21H34N4O3/c1-4-13-23-19(26)12-14-24-21(22-2)25-15-16-8-7-11-18(27-3)20(16)28-17-9-5-6-10-17/h7-8,11,17H,4-6,9-10,12-15H2,1-3H3,(H,23,26)(H2,22,24,25). The van der Waals surface area contributed by atoms with Gasteiger partial charge in [0.15, 0.2) is 17.5 Å². The molecule has 1 aliphatic carbocycles. The number of para-hydroxylation sites is 1. The zero-order valence-corrected chi connectivity index (χ0v) is 17.3. The smallest absolute Gasteiger partial charge is 0.221 e. The van der Waals surface area contributed by atoms with Crippen molar-refractivity contribution in [2.75, 3.05) is 27.2 Å². The van der Waals surface area contributed by atoms with Gasteiger partial charge < -0.3 is 25.4 Å². The van der Waals surface area contributed by atoms with E-state index in [0.717, 1.165) is 36.3 Å². The molecule has 1 aromatic rings. The Morgan fingerprint density at radius 2 is 1.96 bits per heavy atom. The summed E-state index contributed by atoms with van der Waals surface area (Å²) in [5.74, 6) is 2.25. The average molecular weight is 391 g/mol. The van der Waals surface area contributed by atoms with Crippen LogP contribution in [-0.2, 0) is 11.3 Å². The SMILES string of the molecule is CCCNC(=O)CCNC(=NC)NCc1cccc(OC)c1OC1CCCC1. The highest BCUT2D eigenvalue weighted by Crippen LogP contribution is 2.34. The molecule has 1 amide bonds. The van der Waals surface area contributed by atoms with Crippen molar-refractivity contribution < 1.29 is 14.3 Å². The first-order valence-electron chi connectivity index (χ1n) is 10.2. The van der Waals surface area contributed by atoms with Gasteiger partial charge in [-0.1, -0.05) is 19.1 Å². The Bertz CT molecular complexity index is 643. The molecule has 28 heavy (non-hydrogen) atoms. The second kappa shape index (κ2) is 12.1. The third-order valence-electron chi connectivity index (χ3n) is 4.75. The number of amides is 1. The normalized spacial score (nSPS) is 14.6. The lowest BCUT2D eigenvalue weighted by atomic mass is 10.1. The Labute approximate surface area is 168 Å². The molecule has 1 saturated carbocycles. The number of carbonyl (C=O) groups is 1. The lowest BCUT2D eigenvalue weighted by Gasteiger charge is -2.20. The summed E-state index contributed by atoms with van der Waals surface area (Å²) in [4.78, 5) is 15.9. The molecule has 0 spiro atoms. The number of rotatable bonds is 10. The zero-order valence-electron chi connectivity index (χ0n) is 17.3. The van der Waals surface area contributed by atoms with Crippen LogP contribution in [-0.4, -0.2) is 45.2 Å². The molecule has 0 atom stereocenters. The highest BCUT2D eigenvalue weighted by Gasteiger charge is 2.20. The van der Waals surface area contributed by atoms with Crippen molar-refractivity contribution in [3.05, 3.63) is 23.8 Å². The van der Waals surface area contributed by atoms with Crippen LogP contribution < -0.4 is 25.4 Å². The number of hydrogen-bond donors (Lipinski definition) is 3. The maximum Gasteiger partial charge on any atom is 0.221 e. The zero-order chi connectivity index (χ0) is 20.2. The molecule has 0 radical (unpaired) electrons. The lowest BCUT2D eigenvalue weighted by molar-refractivity contribution is -0.120. The van der Waals surface area contributed by atoms with Crippen LogP contribution in [0.5, 0.6) is 11.5 Å². The summed E-state index contributed by atoms with van der Waals surface area (Å²) in [6.45, 7) is 3.83. The van der Waals surface area contributed by atoms with Gasteiger partial charge in [0.25, 0.3) is 0 Å². The van der Waals surface area contributed by atoms with Crippen LogP contribution in [0.15, 0.2) is 23.2 Å². The van der Waals surface area contributed by atoms with Gasteiger partial charge in [0.1, 0.15) is 0 Å². The summed E-state index contributed by atoms with van der Waals surface area (Å²) < 4.78 is 11.8. The molecule has 0 bridgehead atoms. The minimum atomic E-state index is 0.0462. The van der Waals surface area contributed by atoms with Gasteiger partial charge in [0.2, 0.25) is 5.91 Å². The van der Waals surface area contributed by atoms with Crippen molar-refractivity contribution in [2.45, 2.75) is 58.1 Å². The topological polar surface area (TPSA) is 84.0 Å². The summed E-state index contributed by atoms with van der Waals surface area (Å²) >= 11 is 0. The molecule has 0 saturated heterocycles. The van der Waals surface area contributed by atoms with Gasteiger partial charge >= 0.3 is 0 Å². The van der Waals surface area contributed by atoms with Crippen molar-refractivity contribution in [1.82, 2.24) is 16.0 Å². The van der Waals surface area contributed by atoms with Crippen LogP contribution in [0, 0.1) is 0 Å². The van der Waals surface area contributed by atoms with Gasteiger partial charge in [0, 0.05) is 38.7 Å². The van der Waals surface area contributed by atoms with E-state index >= 15 is 0 Å². The van der Waals surface area contributed by atoms with Gasteiger partial charge in [-0.15, -0.1) is 0 Å². The molecule has 1 fully saturated rings. The summed E-state index contributed by atoms with van der Waals surface area (Å²) in [6.07, 6.45) is 6.23. The van der Waals surface area contributed by atoms with E-state index < -0.39 is 0 Å².